The van der Waals surface area contributed by atoms with Crippen molar-refractivity contribution in [3.05, 3.63) is 51.3 Å². The van der Waals surface area contributed by atoms with Crippen molar-refractivity contribution in [1.29, 1.82) is 5.26 Å². The van der Waals surface area contributed by atoms with Crippen molar-refractivity contribution in [2.75, 3.05) is 6.61 Å². The smallest absolute Gasteiger partial charge is 0.341 e. The number of esters is 1. The van der Waals surface area contributed by atoms with E-state index in [1.165, 1.54) is 6.92 Å². The highest BCUT2D eigenvalue weighted by molar-refractivity contribution is 5.90. The molecule has 0 aliphatic heterocycles. The minimum Gasteiger partial charge on any atom is -0.462 e. The fourth-order valence-corrected chi connectivity index (χ4v) is 2.04. The number of halogens is 2. The number of nitro groups is 1. The highest BCUT2D eigenvalue weighted by atomic mass is 19.3. The maximum atomic E-state index is 13.4. The molecule has 24 heavy (non-hydrogen) atoms. The number of aromatic nitrogens is 2. The predicted octanol–water partition coefficient (Wildman–Crippen LogP) is 2.77. The Morgan fingerprint density at radius 3 is 2.79 bits per heavy atom. The van der Waals surface area contributed by atoms with Crippen LogP contribution in [0.5, 0.6) is 0 Å². The quantitative estimate of drug-likeness (QED) is 0.471. The molecular formula is C14H10F2N4O4. The van der Waals surface area contributed by atoms with E-state index in [-0.39, 0.29) is 23.5 Å². The average Bonchev–Trinajstić information content (AvgIpc) is 2.99. The van der Waals surface area contributed by atoms with Crippen LogP contribution in [0.1, 0.15) is 35.0 Å². The van der Waals surface area contributed by atoms with E-state index in [2.05, 4.69) is 5.10 Å². The van der Waals surface area contributed by atoms with E-state index in [4.69, 9.17) is 10.00 Å². The van der Waals surface area contributed by atoms with E-state index in [1.54, 1.807) is 6.07 Å². The maximum Gasteiger partial charge on any atom is 0.341 e. The molecule has 1 aromatic carbocycles. The lowest BCUT2D eigenvalue weighted by Gasteiger charge is -2.10. The Balaban J connectivity index is 2.63. The van der Waals surface area contributed by atoms with Crippen LogP contribution >= 0.6 is 0 Å². The molecule has 0 bridgehead atoms. The summed E-state index contributed by atoms with van der Waals surface area (Å²) in [6.07, 6.45) is -2.17. The molecule has 0 aliphatic carbocycles. The van der Waals surface area contributed by atoms with Crippen LogP contribution in [0.25, 0.3) is 5.69 Å². The van der Waals surface area contributed by atoms with Crippen LogP contribution in [0.4, 0.5) is 14.5 Å². The number of carbonyl (C=O) groups excluding carboxylic acids is 1. The van der Waals surface area contributed by atoms with Gasteiger partial charge in [0.1, 0.15) is 17.3 Å². The summed E-state index contributed by atoms with van der Waals surface area (Å²) in [5.41, 5.74) is -1.89. The summed E-state index contributed by atoms with van der Waals surface area (Å²) in [4.78, 5) is 21.8. The van der Waals surface area contributed by atoms with Crippen molar-refractivity contribution < 1.29 is 23.2 Å². The summed E-state index contributed by atoms with van der Waals surface area (Å²) in [6.45, 7) is 1.52. The number of alkyl halides is 2. The summed E-state index contributed by atoms with van der Waals surface area (Å²) in [7, 11) is 0. The zero-order valence-corrected chi connectivity index (χ0v) is 12.3. The lowest BCUT2D eigenvalue weighted by Crippen LogP contribution is -2.11. The Bertz CT molecular complexity index is 842. The van der Waals surface area contributed by atoms with Crippen LogP contribution in [0.3, 0.4) is 0 Å². The number of non-ortho nitro benzene ring substituents is 1. The summed E-state index contributed by atoms with van der Waals surface area (Å²) in [6, 6.07) is 4.80. The first-order valence-corrected chi connectivity index (χ1v) is 6.62. The Labute approximate surface area is 134 Å². The minimum absolute atomic E-state index is 0.00628. The SMILES string of the molecule is CCOC(=O)c1cnn(-c2ccc([N+](=O)[O-])cc2C#N)c1C(F)F. The molecule has 124 valence electrons. The van der Waals surface area contributed by atoms with Gasteiger partial charge in [-0.05, 0) is 13.0 Å². The molecule has 0 amide bonds. The minimum atomic E-state index is -3.08. The highest BCUT2D eigenvalue weighted by Gasteiger charge is 2.27. The maximum absolute atomic E-state index is 13.4. The number of benzene rings is 1. The van der Waals surface area contributed by atoms with Gasteiger partial charge in [0.25, 0.3) is 12.1 Å². The van der Waals surface area contributed by atoms with Gasteiger partial charge in [0, 0.05) is 12.1 Å². The van der Waals surface area contributed by atoms with Crippen molar-refractivity contribution in [2.24, 2.45) is 0 Å². The first-order valence-electron chi connectivity index (χ1n) is 6.62. The molecule has 8 nitrogen and oxygen atoms in total. The summed E-state index contributed by atoms with van der Waals surface area (Å²) in [5.74, 6) is -0.973. The van der Waals surface area contributed by atoms with Crippen LogP contribution in [0, 0.1) is 21.4 Å². The van der Waals surface area contributed by atoms with Gasteiger partial charge in [-0.15, -0.1) is 0 Å². The van der Waals surface area contributed by atoms with Gasteiger partial charge >= 0.3 is 5.97 Å². The van der Waals surface area contributed by atoms with Crippen molar-refractivity contribution in [3.63, 3.8) is 0 Å². The van der Waals surface area contributed by atoms with Crippen LogP contribution in [-0.4, -0.2) is 27.3 Å². The molecule has 0 fully saturated rings. The fraction of sp³-hybridized carbons (Fsp3) is 0.214. The summed E-state index contributed by atoms with van der Waals surface area (Å²) >= 11 is 0. The molecular weight excluding hydrogens is 326 g/mol. The highest BCUT2D eigenvalue weighted by Crippen LogP contribution is 2.29. The van der Waals surface area contributed by atoms with E-state index < -0.39 is 28.6 Å². The van der Waals surface area contributed by atoms with Gasteiger partial charge in [0.05, 0.1) is 29.0 Å². The van der Waals surface area contributed by atoms with Crippen molar-refractivity contribution >= 4 is 11.7 Å². The van der Waals surface area contributed by atoms with Gasteiger partial charge in [-0.2, -0.15) is 10.4 Å². The van der Waals surface area contributed by atoms with Gasteiger partial charge in [-0.1, -0.05) is 0 Å². The third-order valence-electron chi connectivity index (χ3n) is 3.05. The van der Waals surface area contributed by atoms with Gasteiger partial charge < -0.3 is 4.74 Å². The van der Waals surface area contributed by atoms with E-state index >= 15 is 0 Å². The van der Waals surface area contributed by atoms with E-state index in [9.17, 15) is 23.7 Å². The van der Waals surface area contributed by atoms with Crippen LogP contribution < -0.4 is 0 Å². The largest absolute Gasteiger partial charge is 0.462 e. The molecule has 0 N–H and O–H groups in total. The van der Waals surface area contributed by atoms with E-state index in [0.717, 1.165) is 24.4 Å². The number of nitro benzene ring substituents is 1. The number of ether oxygens (including phenoxy) is 1. The Morgan fingerprint density at radius 2 is 2.25 bits per heavy atom. The monoisotopic (exact) mass is 336 g/mol. The number of hydrogen-bond donors (Lipinski definition) is 0. The zero-order chi connectivity index (χ0) is 17.9. The topological polar surface area (TPSA) is 111 Å². The first kappa shape index (κ1) is 17.0. The lowest BCUT2D eigenvalue weighted by molar-refractivity contribution is -0.384. The first-order chi connectivity index (χ1) is 11.4. The average molecular weight is 336 g/mol. The van der Waals surface area contributed by atoms with Crippen LogP contribution in [0.15, 0.2) is 24.4 Å². The molecule has 0 atom stereocenters. The van der Waals surface area contributed by atoms with Crippen molar-refractivity contribution in [3.8, 4) is 11.8 Å². The number of rotatable bonds is 5. The predicted molar refractivity (Wildman–Crippen MR) is 75.8 cm³/mol. The van der Waals surface area contributed by atoms with E-state index in [1.807, 2.05) is 0 Å². The molecule has 0 unspecified atom stereocenters. The molecule has 0 radical (unpaired) electrons. The number of nitriles is 1. The second-order valence-electron chi connectivity index (χ2n) is 4.45. The Hall–Kier alpha value is -3.35. The third-order valence-corrected chi connectivity index (χ3v) is 3.05. The second-order valence-corrected chi connectivity index (χ2v) is 4.45. The zero-order valence-electron chi connectivity index (χ0n) is 12.3. The second kappa shape index (κ2) is 6.82. The summed E-state index contributed by atoms with van der Waals surface area (Å²) in [5, 5.41) is 23.6. The van der Waals surface area contributed by atoms with Gasteiger partial charge in [-0.25, -0.2) is 18.3 Å². The molecule has 2 rings (SSSR count). The molecule has 2 aromatic rings. The number of carbonyl (C=O) groups is 1. The molecule has 0 spiro atoms. The number of hydrogen-bond acceptors (Lipinski definition) is 6. The van der Waals surface area contributed by atoms with Crippen LogP contribution in [-0.2, 0) is 4.74 Å². The standard InChI is InChI=1S/C14H10F2N4O4/c1-2-24-14(21)10-7-18-19(12(10)13(15)16)11-4-3-9(20(22)23)5-8(11)6-17/h3-5,7,13H,2H2,1H3. The van der Waals surface area contributed by atoms with E-state index in [0.29, 0.717) is 4.68 Å². The molecule has 1 aromatic heterocycles. The Kier molecular flexibility index (Phi) is 4.84. The molecule has 0 saturated carbocycles. The molecule has 0 aliphatic rings. The van der Waals surface area contributed by atoms with Gasteiger partial charge in [-0.3, -0.25) is 10.1 Å². The fourth-order valence-electron chi connectivity index (χ4n) is 2.04. The Morgan fingerprint density at radius 1 is 1.54 bits per heavy atom. The van der Waals surface area contributed by atoms with Crippen LogP contribution in [0.2, 0.25) is 0 Å². The van der Waals surface area contributed by atoms with Gasteiger partial charge in [0.15, 0.2) is 0 Å². The van der Waals surface area contributed by atoms with Crippen molar-refractivity contribution in [2.45, 2.75) is 13.3 Å². The molecule has 10 heteroatoms. The third kappa shape index (κ3) is 3.05. The molecule has 1 heterocycles. The molecule has 0 saturated heterocycles. The van der Waals surface area contributed by atoms with Gasteiger partial charge in [0.2, 0.25) is 0 Å². The number of nitrogens with zero attached hydrogens (tertiary/aromatic N) is 4. The summed E-state index contributed by atoms with van der Waals surface area (Å²) < 4.78 is 32.2. The lowest BCUT2D eigenvalue weighted by atomic mass is 10.1. The normalized spacial score (nSPS) is 10.5. The van der Waals surface area contributed by atoms with Crippen molar-refractivity contribution in [1.82, 2.24) is 9.78 Å².